The molecular formula is C16H21N3O2. The molecular weight excluding hydrogens is 266 g/mol. The van der Waals surface area contributed by atoms with E-state index in [2.05, 4.69) is 22.1 Å². The lowest BCUT2D eigenvalue weighted by Gasteiger charge is -2.17. The first kappa shape index (κ1) is 13.9. The normalized spacial score (nSPS) is 21.9. The van der Waals surface area contributed by atoms with E-state index in [4.69, 9.17) is 4.42 Å². The van der Waals surface area contributed by atoms with Crippen LogP contribution in [0.2, 0.25) is 0 Å². The minimum Gasteiger partial charge on any atom is -0.423 e. The summed E-state index contributed by atoms with van der Waals surface area (Å²) in [6, 6.07) is 8.62. The zero-order chi connectivity index (χ0) is 14.8. The van der Waals surface area contributed by atoms with Gasteiger partial charge in [0, 0.05) is 20.0 Å². The fraction of sp³-hybridized carbons (Fsp3) is 0.500. The van der Waals surface area contributed by atoms with E-state index in [1.54, 1.807) is 6.92 Å². The van der Waals surface area contributed by atoms with Crippen molar-refractivity contribution in [1.82, 2.24) is 10.3 Å². The molecule has 5 nitrogen and oxygen atoms in total. The Hall–Kier alpha value is -2.04. The van der Waals surface area contributed by atoms with Crippen LogP contribution in [0.1, 0.15) is 26.7 Å². The Labute approximate surface area is 124 Å². The first-order chi connectivity index (χ1) is 10.2. The fourth-order valence-electron chi connectivity index (χ4n) is 3.11. The molecule has 1 aromatic carbocycles. The Morgan fingerprint density at radius 2 is 2.24 bits per heavy atom. The van der Waals surface area contributed by atoms with Crippen LogP contribution in [-0.2, 0) is 4.79 Å². The Balaban J connectivity index is 1.80. The highest BCUT2D eigenvalue weighted by atomic mass is 16.4. The fourth-order valence-corrected chi connectivity index (χ4v) is 3.11. The summed E-state index contributed by atoms with van der Waals surface area (Å²) in [4.78, 5) is 18.1. The van der Waals surface area contributed by atoms with Gasteiger partial charge in [0.25, 0.3) is 6.01 Å². The number of carbonyl (C=O) groups is 1. The number of aromatic nitrogens is 1. The average Bonchev–Trinajstić information content (AvgIpc) is 3.03. The second kappa shape index (κ2) is 5.76. The summed E-state index contributed by atoms with van der Waals surface area (Å²) in [6.45, 7) is 5.39. The quantitative estimate of drug-likeness (QED) is 0.939. The maximum absolute atomic E-state index is 11.4. The molecule has 1 amide bonds. The van der Waals surface area contributed by atoms with Crippen LogP contribution in [0.15, 0.2) is 28.7 Å². The number of fused-ring (bicyclic) bond motifs is 1. The third-order valence-corrected chi connectivity index (χ3v) is 4.04. The third kappa shape index (κ3) is 2.86. The summed E-state index contributed by atoms with van der Waals surface area (Å²) in [5, 5.41) is 3.06. The predicted octanol–water partition coefficient (Wildman–Crippen LogP) is 2.57. The molecule has 0 radical (unpaired) electrons. The second-order valence-electron chi connectivity index (χ2n) is 5.72. The van der Waals surface area contributed by atoms with E-state index in [0.29, 0.717) is 11.9 Å². The van der Waals surface area contributed by atoms with Gasteiger partial charge in [-0.1, -0.05) is 25.5 Å². The van der Waals surface area contributed by atoms with Gasteiger partial charge in [0.2, 0.25) is 5.91 Å². The van der Waals surface area contributed by atoms with Crippen LogP contribution in [0.5, 0.6) is 0 Å². The number of amides is 1. The molecule has 1 fully saturated rings. The van der Waals surface area contributed by atoms with Gasteiger partial charge in [0.15, 0.2) is 5.58 Å². The van der Waals surface area contributed by atoms with Crippen molar-refractivity contribution in [2.75, 3.05) is 18.0 Å². The van der Waals surface area contributed by atoms with E-state index in [1.807, 2.05) is 24.3 Å². The number of rotatable bonds is 4. The minimum absolute atomic E-state index is 0.0283. The topological polar surface area (TPSA) is 58.4 Å². The number of oxazole rings is 1. The molecule has 3 rings (SSSR count). The first-order valence-corrected chi connectivity index (χ1v) is 7.55. The van der Waals surface area contributed by atoms with Crippen molar-refractivity contribution in [3.8, 4) is 0 Å². The number of nitrogens with zero attached hydrogens (tertiary/aromatic N) is 2. The summed E-state index contributed by atoms with van der Waals surface area (Å²) in [5.41, 5.74) is 1.69. The Morgan fingerprint density at radius 3 is 2.95 bits per heavy atom. The number of hydrogen-bond acceptors (Lipinski definition) is 4. The number of anilines is 1. The van der Waals surface area contributed by atoms with Crippen LogP contribution in [0.4, 0.5) is 6.01 Å². The summed E-state index contributed by atoms with van der Waals surface area (Å²) in [6.07, 6.45) is 2.21. The van der Waals surface area contributed by atoms with Gasteiger partial charge in [0.1, 0.15) is 5.52 Å². The van der Waals surface area contributed by atoms with Crippen LogP contribution in [0.3, 0.4) is 0 Å². The van der Waals surface area contributed by atoms with Crippen molar-refractivity contribution in [2.24, 2.45) is 5.92 Å². The van der Waals surface area contributed by atoms with E-state index in [-0.39, 0.29) is 11.9 Å². The van der Waals surface area contributed by atoms with Gasteiger partial charge in [0.05, 0.1) is 6.04 Å². The molecule has 2 atom stereocenters. The van der Waals surface area contributed by atoms with Crippen molar-refractivity contribution in [2.45, 2.75) is 32.7 Å². The molecule has 1 N–H and O–H groups in total. The van der Waals surface area contributed by atoms with Gasteiger partial charge >= 0.3 is 0 Å². The van der Waals surface area contributed by atoms with Crippen molar-refractivity contribution in [3.63, 3.8) is 0 Å². The monoisotopic (exact) mass is 287 g/mol. The molecule has 1 aliphatic rings. The zero-order valence-electron chi connectivity index (χ0n) is 12.5. The molecule has 0 aliphatic carbocycles. The van der Waals surface area contributed by atoms with Crippen LogP contribution in [0, 0.1) is 5.92 Å². The second-order valence-corrected chi connectivity index (χ2v) is 5.72. The predicted molar refractivity (Wildman–Crippen MR) is 82.2 cm³/mol. The molecule has 2 unspecified atom stereocenters. The molecule has 21 heavy (non-hydrogen) atoms. The minimum atomic E-state index is 0.0283. The Morgan fingerprint density at radius 1 is 1.43 bits per heavy atom. The van der Waals surface area contributed by atoms with Crippen molar-refractivity contribution < 1.29 is 9.21 Å². The van der Waals surface area contributed by atoms with Crippen LogP contribution >= 0.6 is 0 Å². The maximum atomic E-state index is 11.4. The van der Waals surface area contributed by atoms with E-state index >= 15 is 0 Å². The number of para-hydroxylation sites is 2. The van der Waals surface area contributed by atoms with Gasteiger partial charge in [-0.2, -0.15) is 4.98 Å². The molecule has 0 spiro atoms. The molecule has 1 aromatic heterocycles. The Kier molecular flexibility index (Phi) is 3.82. The van der Waals surface area contributed by atoms with Crippen LogP contribution < -0.4 is 10.2 Å². The van der Waals surface area contributed by atoms with Gasteiger partial charge in [-0.15, -0.1) is 0 Å². The molecule has 0 saturated carbocycles. The summed E-state index contributed by atoms with van der Waals surface area (Å²) >= 11 is 0. The van der Waals surface area contributed by atoms with Gasteiger partial charge in [-0.3, -0.25) is 4.79 Å². The highest BCUT2D eigenvalue weighted by Gasteiger charge is 2.34. The third-order valence-electron chi connectivity index (χ3n) is 4.04. The summed E-state index contributed by atoms with van der Waals surface area (Å²) < 4.78 is 5.83. The standard InChI is InChI=1S/C16H21N3O2/c1-3-6-12-9-19(10-14(12)17-11(2)20)16-18-13-7-4-5-8-15(13)21-16/h4-5,7-8,12,14H,3,6,9-10H2,1-2H3,(H,17,20). The maximum Gasteiger partial charge on any atom is 0.298 e. The Bertz CT molecular complexity index is 604. The van der Waals surface area contributed by atoms with Crippen LogP contribution in [-0.4, -0.2) is 30.0 Å². The van der Waals surface area contributed by atoms with E-state index in [1.165, 1.54) is 0 Å². The highest BCUT2D eigenvalue weighted by molar-refractivity contribution is 5.75. The van der Waals surface area contributed by atoms with E-state index < -0.39 is 0 Å². The smallest absolute Gasteiger partial charge is 0.298 e. The van der Waals surface area contributed by atoms with Gasteiger partial charge < -0.3 is 14.6 Å². The van der Waals surface area contributed by atoms with Gasteiger partial charge in [-0.25, -0.2) is 0 Å². The van der Waals surface area contributed by atoms with Crippen molar-refractivity contribution in [1.29, 1.82) is 0 Å². The van der Waals surface area contributed by atoms with Crippen molar-refractivity contribution in [3.05, 3.63) is 24.3 Å². The van der Waals surface area contributed by atoms with Crippen molar-refractivity contribution >= 4 is 23.0 Å². The SMILES string of the molecule is CCCC1CN(c2nc3ccccc3o2)CC1NC(C)=O. The van der Waals surface area contributed by atoms with Gasteiger partial charge in [-0.05, 0) is 24.5 Å². The summed E-state index contributed by atoms with van der Waals surface area (Å²) in [5.74, 6) is 0.481. The van der Waals surface area contributed by atoms with E-state index in [9.17, 15) is 4.79 Å². The number of benzene rings is 1. The molecule has 1 saturated heterocycles. The molecule has 0 bridgehead atoms. The first-order valence-electron chi connectivity index (χ1n) is 7.55. The highest BCUT2D eigenvalue weighted by Crippen LogP contribution is 2.29. The largest absolute Gasteiger partial charge is 0.423 e. The van der Waals surface area contributed by atoms with Crippen LogP contribution in [0.25, 0.3) is 11.1 Å². The van der Waals surface area contributed by atoms with E-state index in [0.717, 1.165) is 37.0 Å². The molecule has 5 heteroatoms. The lowest BCUT2D eigenvalue weighted by molar-refractivity contribution is -0.119. The molecule has 2 heterocycles. The lowest BCUT2D eigenvalue weighted by atomic mass is 9.98. The lowest BCUT2D eigenvalue weighted by Crippen LogP contribution is -2.39. The average molecular weight is 287 g/mol. The summed E-state index contributed by atoms with van der Waals surface area (Å²) in [7, 11) is 0. The molecule has 112 valence electrons. The number of nitrogens with one attached hydrogen (secondary N) is 1. The molecule has 1 aliphatic heterocycles. The zero-order valence-corrected chi connectivity index (χ0v) is 12.5. The molecule has 2 aromatic rings. The number of hydrogen-bond donors (Lipinski definition) is 1. The number of carbonyl (C=O) groups excluding carboxylic acids is 1.